The van der Waals surface area contributed by atoms with Gasteiger partial charge in [-0.2, -0.15) is 0 Å². The van der Waals surface area contributed by atoms with Gasteiger partial charge in [-0.3, -0.25) is 0 Å². The summed E-state index contributed by atoms with van der Waals surface area (Å²) in [5.41, 5.74) is 1.86. The van der Waals surface area contributed by atoms with E-state index < -0.39 is 0 Å². The molecule has 0 heterocycles. The van der Waals surface area contributed by atoms with E-state index in [0.717, 1.165) is 24.1 Å². The van der Waals surface area contributed by atoms with Crippen molar-refractivity contribution in [2.75, 3.05) is 6.54 Å². The lowest BCUT2D eigenvalue weighted by Gasteiger charge is -2.08. The first-order valence-corrected chi connectivity index (χ1v) is 6.80. The minimum Gasteiger partial charge on any atom is -0.312 e. The lowest BCUT2D eigenvalue weighted by Crippen LogP contribution is -2.17. The predicted molar refractivity (Wildman–Crippen MR) is 78.3 cm³/mol. The summed E-state index contributed by atoms with van der Waals surface area (Å²) in [7, 11) is 0. The third-order valence-electron chi connectivity index (χ3n) is 2.84. The molecule has 0 saturated heterocycles. The lowest BCUT2D eigenvalue weighted by molar-refractivity contribution is 0.622. The van der Waals surface area contributed by atoms with E-state index in [2.05, 4.69) is 5.32 Å². The van der Waals surface area contributed by atoms with Crippen molar-refractivity contribution < 1.29 is 4.39 Å². The van der Waals surface area contributed by atoms with Crippen LogP contribution in [0.1, 0.15) is 11.1 Å². The molecular formula is C15H14Cl2FN. The van der Waals surface area contributed by atoms with Crippen molar-refractivity contribution in [3.63, 3.8) is 0 Å². The molecule has 0 spiro atoms. The number of rotatable bonds is 5. The van der Waals surface area contributed by atoms with Crippen molar-refractivity contribution in [1.82, 2.24) is 5.32 Å². The van der Waals surface area contributed by atoms with Crippen LogP contribution in [-0.2, 0) is 13.0 Å². The third kappa shape index (κ3) is 4.20. The largest absolute Gasteiger partial charge is 0.312 e. The highest BCUT2D eigenvalue weighted by Crippen LogP contribution is 2.23. The van der Waals surface area contributed by atoms with E-state index in [-0.39, 0.29) is 5.82 Å². The molecule has 0 amide bonds. The summed E-state index contributed by atoms with van der Waals surface area (Å²) in [6, 6.07) is 12.1. The van der Waals surface area contributed by atoms with Crippen LogP contribution < -0.4 is 5.32 Å². The van der Waals surface area contributed by atoms with E-state index in [1.54, 1.807) is 12.1 Å². The molecule has 0 bridgehead atoms. The first-order valence-electron chi connectivity index (χ1n) is 6.05. The van der Waals surface area contributed by atoms with E-state index >= 15 is 0 Å². The van der Waals surface area contributed by atoms with Crippen LogP contribution in [0.2, 0.25) is 10.0 Å². The Hall–Kier alpha value is -1.09. The number of halogens is 3. The van der Waals surface area contributed by atoms with Crippen molar-refractivity contribution in [2.45, 2.75) is 13.0 Å². The molecule has 0 aliphatic carbocycles. The molecule has 0 fully saturated rings. The van der Waals surface area contributed by atoms with Crippen molar-refractivity contribution in [3.8, 4) is 0 Å². The molecule has 1 N–H and O–H groups in total. The van der Waals surface area contributed by atoms with Crippen LogP contribution in [0.4, 0.5) is 4.39 Å². The molecule has 2 rings (SSSR count). The average Bonchev–Trinajstić information content (AvgIpc) is 2.37. The Kier molecular flexibility index (Phi) is 5.20. The first-order chi connectivity index (χ1) is 9.16. The highest BCUT2D eigenvalue weighted by Gasteiger charge is 2.04. The number of hydrogen-bond acceptors (Lipinski definition) is 1. The van der Waals surface area contributed by atoms with Crippen LogP contribution in [0.15, 0.2) is 42.5 Å². The Bertz CT molecular complexity index is 537. The smallest absolute Gasteiger partial charge is 0.123 e. The van der Waals surface area contributed by atoms with Gasteiger partial charge in [0.05, 0.1) is 0 Å². The van der Waals surface area contributed by atoms with Gasteiger partial charge in [0.1, 0.15) is 5.82 Å². The quantitative estimate of drug-likeness (QED) is 0.803. The molecule has 0 aliphatic rings. The fraction of sp³-hybridized carbons (Fsp3) is 0.200. The highest BCUT2D eigenvalue weighted by atomic mass is 35.5. The predicted octanol–water partition coefficient (Wildman–Crippen LogP) is 4.46. The standard InChI is InChI=1S/C15H14Cl2FN/c16-14-5-2-6-15(17)13(14)10-19-8-7-11-3-1-4-12(18)9-11/h1-6,9,19H,7-8,10H2. The molecule has 0 atom stereocenters. The van der Waals surface area contributed by atoms with E-state index in [0.29, 0.717) is 16.6 Å². The maximum atomic E-state index is 13.0. The van der Waals surface area contributed by atoms with Crippen molar-refractivity contribution in [2.24, 2.45) is 0 Å². The summed E-state index contributed by atoms with van der Waals surface area (Å²) in [4.78, 5) is 0. The van der Waals surface area contributed by atoms with Crippen LogP contribution in [0.25, 0.3) is 0 Å². The highest BCUT2D eigenvalue weighted by molar-refractivity contribution is 6.35. The number of benzene rings is 2. The van der Waals surface area contributed by atoms with Crippen LogP contribution >= 0.6 is 23.2 Å². The molecule has 4 heteroatoms. The second-order valence-electron chi connectivity index (χ2n) is 4.26. The lowest BCUT2D eigenvalue weighted by atomic mass is 10.1. The fourth-order valence-electron chi connectivity index (χ4n) is 1.84. The summed E-state index contributed by atoms with van der Waals surface area (Å²) in [5, 5.41) is 4.58. The monoisotopic (exact) mass is 297 g/mol. The summed E-state index contributed by atoms with van der Waals surface area (Å²) < 4.78 is 13.0. The second-order valence-corrected chi connectivity index (χ2v) is 5.07. The summed E-state index contributed by atoms with van der Waals surface area (Å²) >= 11 is 12.1. The molecule has 0 unspecified atom stereocenters. The van der Waals surface area contributed by atoms with Crippen molar-refractivity contribution >= 4 is 23.2 Å². The van der Waals surface area contributed by atoms with Gasteiger partial charge in [-0.1, -0.05) is 41.4 Å². The van der Waals surface area contributed by atoms with Crippen LogP contribution in [0, 0.1) is 5.82 Å². The van der Waals surface area contributed by atoms with E-state index in [1.165, 1.54) is 6.07 Å². The SMILES string of the molecule is Fc1cccc(CCNCc2c(Cl)cccc2Cl)c1. The maximum Gasteiger partial charge on any atom is 0.123 e. The average molecular weight is 298 g/mol. The molecule has 2 aromatic rings. The zero-order chi connectivity index (χ0) is 13.7. The molecule has 0 radical (unpaired) electrons. The Morgan fingerprint density at radius 2 is 1.68 bits per heavy atom. The molecule has 100 valence electrons. The molecule has 0 aliphatic heterocycles. The van der Waals surface area contributed by atoms with Gasteiger partial charge in [-0.15, -0.1) is 0 Å². The van der Waals surface area contributed by atoms with Gasteiger partial charge >= 0.3 is 0 Å². The van der Waals surface area contributed by atoms with Crippen LogP contribution in [0.3, 0.4) is 0 Å². The second kappa shape index (κ2) is 6.90. The van der Waals surface area contributed by atoms with Crippen LogP contribution in [0.5, 0.6) is 0 Å². The Balaban J connectivity index is 1.84. The van der Waals surface area contributed by atoms with E-state index in [9.17, 15) is 4.39 Å². The van der Waals surface area contributed by atoms with Gasteiger partial charge < -0.3 is 5.32 Å². The molecule has 2 aromatic carbocycles. The minimum absolute atomic E-state index is 0.202. The molecule has 19 heavy (non-hydrogen) atoms. The van der Waals surface area contributed by atoms with Crippen molar-refractivity contribution in [1.29, 1.82) is 0 Å². The number of nitrogens with one attached hydrogen (secondary N) is 1. The van der Waals surface area contributed by atoms with Gasteiger partial charge in [-0.25, -0.2) is 4.39 Å². The normalized spacial score (nSPS) is 10.7. The zero-order valence-corrected chi connectivity index (χ0v) is 11.8. The Labute approximate surface area is 122 Å². The van der Waals surface area contributed by atoms with Gasteiger partial charge in [0.2, 0.25) is 0 Å². The van der Waals surface area contributed by atoms with Gasteiger partial charge in [0.15, 0.2) is 0 Å². The van der Waals surface area contributed by atoms with Crippen LogP contribution in [-0.4, -0.2) is 6.54 Å². The van der Waals surface area contributed by atoms with Gasteiger partial charge in [0.25, 0.3) is 0 Å². The Morgan fingerprint density at radius 3 is 2.37 bits per heavy atom. The molecule has 0 aromatic heterocycles. The molecule has 1 nitrogen and oxygen atoms in total. The summed E-state index contributed by atoms with van der Waals surface area (Å²) in [5.74, 6) is -0.202. The topological polar surface area (TPSA) is 12.0 Å². The van der Waals surface area contributed by atoms with E-state index in [4.69, 9.17) is 23.2 Å². The summed E-state index contributed by atoms with van der Waals surface area (Å²) in [6.45, 7) is 1.35. The fourth-order valence-corrected chi connectivity index (χ4v) is 2.37. The zero-order valence-electron chi connectivity index (χ0n) is 10.3. The van der Waals surface area contributed by atoms with Gasteiger partial charge in [0, 0.05) is 22.2 Å². The third-order valence-corrected chi connectivity index (χ3v) is 3.55. The molecule has 0 saturated carbocycles. The van der Waals surface area contributed by atoms with Gasteiger partial charge in [-0.05, 0) is 42.8 Å². The Morgan fingerprint density at radius 1 is 1.00 bits per heavy atom. The first kappa shape index (κ1) is 14.3. The maximum absolute atomic E-state index is 13.0. The molecular weight excluding hydrogens is 284 g/mol. The van der Waals surface area contributed by atoms with Crippen molar-refractivity contribution in [3.05, 3.63) is 69.5 Å². The summed E-state index contributed by atoms with van der Waals surface area (Å²) in [6.07, 6.45) is 0.764. The van der Waals surface area contributed by atoms with E-state index in [1.807, 2.05) is 24.3 Å². The minimum atomic E-state index is -0.202. The number of hydrogen-bond donors (Lipinski definition) is 1.